The van der Waals surface area contributed by atoms with Crippen molar-refractivity contribution in [1.82, 2.24) is 5.06 Å². The number of carbonyl (C=O) groups excluding carboxylic acids is 1. The van der Waals surface area contributed by atoms with Gasteiger partial charge >= 0.3 is 7.60 Å². The van der Waals surface area contributed by atoms with Gasteiger partial charge in [0.05, 0.1) is 25.4 Å². The summed E-state index contributed by atoms with van der Waals surface area (Å²) in [6.07, 6.45) is 1.05. The first-order chi connectivity index (χ1) is 10.5. The van der Waals surface area contributed by atoms with Crippen molar-refractivity contribution in [3.63, 3.8) is 0 Å². The van der Waals surface area contributed by atoms with Gasteiger partial charge in [-0.15, -0.1) is 0 Å². The third kappa shape index (κ3) is 3.76. The first-order valence-corrected chi connectivity index (χ1v) is 9.22. The molecule has 1 aliphatic heterocycles. The molecular weight excluding hydrogens is 305 g/mol. The molecule has 1 aliphatic rings. The van der Waals surface area contributed by atoms with Crippen molar-refractivity contribution in [1.29, 1.82) is 0 Å². The molecular formula is C15H22NO5P. The SMILES string of the molecule is CCOP(=O)(CCC1Cc2ccccc2C(=O)N1O)OCC. The highest BCUT2D eigenvalue weighted by atomic mass is 31.2. The van der Waals surface area contributed by atoms with Crippen molar-refractivity contribution in [2.45, 2.75) is 32.7 Å². The Balaban J connectivity index is 2.07. The molecule has 2 rings (SSSR count). The molecule has 1 atom stereocenters. The second-order valence-corrected chi connectivity index (χ2v) is 7.31. The van der Waals surface area contributed by atoms with E-state index in [9.17, 15) is 14.6 Å². The number of fused-ring (bicyclic) bond motifs is 1. The third-order valence-corrected chi connectivity index (χ3v) is 5.75. The maximum atomic E-state index is 12.5. The lowest BCUT2D eigenvalue weighted by Crippen LogP contribution is -2.43. The molecule has 7 heteroatoms. The highest BCUT2D eigenvalue weighted by Gasteiger charge is 2.34. The molecule has 0 spiro atoms. The fourth-order valence-electron chi connectivity index (χ4n) is 2.63. The molecule has 0 radical (unpaired) electrons. The average Bonchev–Trinajstić information content (AvgIpc) is 2.50. The Labute approximate surface area is 130 Å². The van der Waals surface area contributed by atoms with E-state index >= 15 is 0 Å². The minimum Gasteiger partial charge on any atom is -0.309 e. The zero-order valence-corrected chi connectivity index (χ0v) is 13.8. The van der Waals surface area contributed by atoms with Gasteiger partial charge in [0.2, 0.25) is 0 Å². The molecule has 0 aromatic heterocycles. The van der Waals surface area contributed by atoms with Gasteiger partial charge in [0, 0.05) is 5.56 Å². The highest BCUT2D eigenvalue weighted by Crippen LogP contribution is 2.49. The Bertz CT molecular complexity index is 567. The van der Waals surface area contributed by atoms with Gasteiger partial charge in [-0.2, -0.15) is 0 Å². The lowest BCUT2D eigenvalue weighted by atomic mass is 9.94. The van der Waals surface area contributed by atoms with Gasteiger partial charge in [-0.25, -0.2) is 5.06 Å². The van der Waals surface area contributed by atoms with E-state index in [1.165, 1.54) is 0 Å². The molecule has 0 saturated heterocycles. The minimum absolute atomic E-state index is 0.172. The summed E-state index contributed by atoms with van der Waals surface area (Å²) >= 11 is 0. The van der Waals surface area contributed by atoms with Crippen LogP contribution in [0.25, 0.3) is 0 Å². The molecule has 0 bridgehead atoms. The molecule has 1 heterocycles. The van der Waals surface area contributed by atoms with Crippen molar-refractivity contribution >= 4 is 13.5 Å². The summed E-state index contributed by atoms with van der Waals surface area (Å²) in [4.78, 5) is 12.1. The van der Waals surface area contributed by atoms with Crippen LogP contribution >= 0.6 is 7.60 Å². The lowest BCUT2D eigenvalue weighted by molar-refractivity contribution is -0.0927. The van der Waals surface area contributed by atoms with Gasteiger partial charge in [-0.05, 0) is 38.3 Å². The molecule has 1 amide bonds. The van der Waals surface area contributed by atoms with Crippen LogP contribution in [0.1, 0.15) is 36.2 Å². The third-order valence-electron chi connectivity index (χ3n) is 3.65. The van der Waals surface area contributed by atoms with Crippen molar-refractivity contribution in [2.24, 2.45) is 0 Å². The van der Waals surface area contributed by atoms with Gasteiger partial charge < -0.3 is 9.05 Å². The molecule has 6 nitrogen and oxygen atoms in total. The van der Waals surface area contributed by atoms with Gasteiger partial charge in [0.15, 0.2) is 0 Å². The topological polar surface area (TPSA) is 76.1 Å². The summed E-state index contributed by atoms with van der Waals surface area (Å²) in [5, 5.41) is 10.8. The second-order valence-electron chi connectivity index (χ2n) is 5.12. The number of nitrogens with zero attached hydrogens (tertiary/aromatic N) is 1. The molecule has 0 fully saturated rings. The first kappa shape index (κ1) is 17.2. The molecule has 122 valence electrons. The van der Waals surface area contributed by atoms with Crippen LogP contribution in [0.15, 0.2) is 24.3 Å². The number of hydrogen-bond acceptors (Lipinski definition) is 5. The quantitative estimate of drug-likeness (QED) is 0.615. The number of hydrogen-bond donors (Lipinski definition) is 1. The summed E-state index contributed by atoms with van der Waals surface area (Å²) in [5.74, 6) is -0.422. The Morgan fingerprint density at radius 1 is 1.27 bits per heavy atom. The average molecular weight is 327 g/mol. The fourth-order valence-corrected chi connectivity index (χ4v) is 4.36. The fraction of sp³-hybridized carbons (Fsp3) is 0.533. The van der Waals surface area contributed by atoms with Crippen molar-refractivity contribution in [3.8, 4) is 0 Å². The zero-order valence-electron chi connectivity index (χ0n) is 12.9. The number of rotatable bonds is 7. The van der Waals surface area contributed by atoms with Crippen LogP contribution in [0.4, 0.5) is 0 Å². The summed E-state index contributed by atoms with van der Waals surface area (Å²) in [7, 11) is -3.17. The van der Waals surface area contributed by atoms with Crippen LogP contribution in [0.3, 0.4) is 0 Å². The maximum Gasteiger partial charge on any atom is 0.330 e. The Morgan fingerprint density at radius 2 is 1.91 bits per heavy atom. The highest BCUT2D eigenvalue weighted by molar-refractivity contribution is 7.53. The normalized spacial score (nSPS) is 18.4. The standard InChI is InChI=1S/C15H22NO5P/c1-3-20-22(19,21-4-2)10-9-13-11-12-7-5-6-8-14(12)15(17)16(13)18/h5-8,13,18H,3-4,9-11H2,1-2H3. The van der Waals surface area contributed by atoms with E-state index in [0.29, 0.717) is 31.6 Å². The summed E-state index contributed by atoms with van der Waals surface area (Å²) in [6.45, 7) is 4.11. The van der Waals surface area contributed by atoms with E-state index in [0.717, 1.165) is 10.6 Å². The zero-order chi connectivity index (χ0) is 16.2. The van der Waals surface area contributed by atoms with E-state index in [1.54, 1.807) is 26.0 Å². The van der Waals surface area contributed by atoms with E-state index < -0.39 is 19.5 Å². The van der Waals surface area contributed by atoms with E-state index in [-0.39, 0.29) is 6.16 Å². The van der Waals surface area contributed by atoms with Crippen LogP contribution in [0.5, 0.6) is 0 Å². The predicted octanol–water partition coefficient (Wildman–Crippen LogP) is 3.10. The number of hydroxylamine groups is 2. The van der Waals surface area contributed by atoms with E-state index in [1.807, 2.05) is 12.1 Å². The Kier molecular flexibility index (Phi) is 5.75. The number of benzene rings is 1. The molecule has 0 saturated carbocycles. The summed E-state index contributed by atoms with van der Waals surface area (Å²) in [5.41, 5.74) is 1.41. The first-order valence-electron chi connectivity index (χ1n) is 7.49. The van der Waals surface area contributed by atoms with E-state index in [4.69, 9.17) is 9.05 Å². The molecule has 22 heavy (non-hydrogen) atoms. The van der Waals surface area contributed by atoms with Crippen LogP contribution in [-0.4, -0.2) is 41.6 Å². The second kappa shape index (κ2) is 7.38. The largest absolute Gasteiger partial charge is 0.330 e. The summed E-state index contributed by atoms with van der Waals surface area (Å²) < 4.78 is 22.9. The Hall–Kier alpha value is -1.20. The smallest absolute Gasteiger partial charge is 0.309 e. The van der Waals surface area contributed by atoms with Crippen molar-refractivity contribution in [3.05, 3.63) is 35.4 Å². The van der Waals surface area contributed by atoms with Crippen LogP contribution in [-0.2, 0) is 20.0 Å². The summed E-state index contributed by atoms with van der Waals surface area (Å²) in [6, 6.07) is 6.78. The number of carbonyl (C=O) groups is 1. The van der Waals surface area contributed by atoms with Crippen LogP contribution in [0, 0.1) is 0 Å². The van der Waals surface area contributed by atoms with Crippen molar-refractivity contribution < 1.29 is 23.6 Å². The lowest BCUT2D eigenvalue weighted by Gasteiger charge is -2.32. The molecule has 1 aromatic rings. The number of amides is 1. The van der Waals surface area contributed by atoms with E-state index in [2.05, 4.69) is 0 Å². The maximum absolute atomic E-state index is 12.5. The predicted molar refractivity (Wildman–Crippen MR) is 82.2 cm³/mol. The van der Waals surface area contributed by atoms with Gasteiger partial charge in [-0.1, -0.05) is 18.2 Å². The van der Waals surface area contributed by atoms with Gasteiger partial charge in [-0.3, -0.25) is 14.6 Å². The molecule has 1 N–H and O–H groups in total. The van der Waals surface area contributed by atoms with Crippen LogP contribution < -0.4 is 0 Å². The minimum atomic E-state index is -3.17. The van der Waals surface area contributed by atoms with Gasteiger partial charge in [0.1, 0.15) is 0 Å². The van der Waals surface area contributed by atoms with Crippen molar-refractivity contribution in [2.75, 3.05) is 19.4 Å². The monoisotopic (exact) mass is 327 g/mol. The molecule has 1 unspecified atom stereocenters. The van der Waals surface area contributed by atoms with Gasteiger partial charge in [0.25, 0.3) is 5.91 Å². The Morgan fingerprint density at radius 3 is 2.55 bits per heavy atom. The van der Waals surface area contributed by atoms with Crippen LogP contribution in [0.2, 0.25) is 0 Å². The molecule has 1 aromatic carbocycles. The molecule has 0 aliphatic carbocycles.